The Morgan fingerprint density at radius 3 is 2.33 bits per heavy atom. The second kappa shape index (κ2) is 7.29. The number of primary amides is 1. The second-order valence-corrected chi connectivity index (χ2v) is 7.82. The zero-order valence-electron chi connectivity index (χ0n) is 13.7. The van der Waals surface area contributed by atoms with Crippen LogP contribution < -0.4 is 11.2 Å². The molecule has 9 heteroatoms. The average molecular weight is 354 g/mol. The Morgan fingerprint density at radius 1 is 1.21 bits per heavy atom. The van der Waals surface area contributed by atoms with Gasteiger partial charge in [0.25, 0.3) is 0 Å². The van der Waals surface area contributed by atoms with E-state index < -0.39 is 15.9 Å². The third-order valence-electron chi connectivity index (χ3n) is 3.93. The predicted molar refractivity (Wildman–Crippen MR) is 88.3 cm³/mol. The summed E-state index contributed by atoms with van der Waals surface area (Å²) in [5, 5.41) is 1.56. The minimum absolute atomic E-state index is 0.0232. The fourth-order valence-corrected chi connectivity index (χ4v) is 4.37. The van der Waals surface area contributed by atoms with Gasteiger partial charge in [0.2, 0.25) is 21.8 Å². The molecule has 0 unspecified atom stereocenters. The number of hydrogen-bond acceptors (Lipinski definition) is 5. The first-order valence-electron chi connectivity index (χ1n) is 7.60. The Labute approximate surface area is 141 Å². The van der Waals surface area contributed by atoms with Gasteiger partial charge in [0.05, 0.1) is 10.5 Å². The number of amides is 2. The maximum absolute atomic E-state index is 12.8. The van der Waals surface area contributed by atoms with Crippen LogP contribution in [-0.4, -0.2) is 56.7 Å². The number of rotatable bonds is 5. The molecule has 0 atom stereocenters. The normalized spacial score (nSPS) is 17.0. The van der Waals surface area contributed by atoms with E-state index in [1.165, 1.54) is 16.4 Å². The fourth-order valence-electron chi connectivity index (χ4n) is 2.70. The van der Waals surface area contributed by atoms with Gasteiger partial charge in [0.15, 0.2) is 0 Å². The maximum atomic E-state index is 12.8. The van der Waals surface area contributed by atoms with E-state index in [1.54, 1.807) is 31.2 Å². The van der Waals surface area contributed by atoms with Crippen LogP contribution in [-0.2, 0) is 14.8 Å². The molecule has 3 N–H and O–H groups in total. The highest BCUT2D eigenvalue weighted by Gasteiger charge is 2.33. The van der Waals surface area contributed by atoms with Gasteiger partial charge in [-0.05, 0) is 25.0 Å². The molecule has 24 heavy (non-hydrogen) atoms. The van der Waals surface area contributed by atoms with E-state index in [4.69, 9.17) is 5.73 Å². The van der Waals surface area contributed by atoms with E-state index in [1.807, 2.05) is 0 Å². The molecule has 1 saturated heterocycles. The Hall–Kier alpha value is -1.97. The van der Waals surface area contributed by atoms with Crippen molar-refractivity contribution in [2.45, 2.75) is 17.7 Å². The van der Waals surface area contributed by atoms with Crippen molar-refractivity contribution in [2.24, 2.45) is 11.7 Å². The van der Waals surface area contributed by atoms with Crippen LogP contribution in [0, 0.1) is 5.92 Å². The third-order valence-corrected chi connectivity index (χ3v) is 5.89. The quantitative estimate of drug-likeness (QED) is 0.710. The molecule has 1 heterocycles. The molecular formula is C15H22N4O4S. The molecule has 0 aromatic heterocycles. The highest BCUT2D eigenvalue weighted by Crippen LogP contribution is 2.25. The number of nitrogens with zero attached hydrogens (tertiary/aromatic N) is 2. The number of nitrogens with one attached hydrogen (secondary N) is 1. The summed E-state index contributed by atoms with van der Waals surface area (Å²) in [5.41, 5.74) is 7.93. The third kappa shape index (κ3) is 3.92. The zero-order valence-corrected chi connectivity index (χ0v) is 14.5. The molecule has 0 aliphatic carbocycles. The van der Waals surface area contributed by atoms with Gasteiger partial charge in [-0.3, -0.25) is 15.0 Å². The predicted octanol–water partition coefficient (Wildman–Crippen LogP) is -0.221. The van der Waals surface area contributed by atoms with Gasteiger partial charge < -0.3 is 5.73 Å². The molecular weight excluding hydrogens is 332 g/mol. The number of nitrogens with two attached hydrogens (primary N) is 1. The van der Waals surface area contributed by atoms with Gasteiger partial charge in [0, 0.05) is 33.1 Å². The standard InChI is InChI=1S/C15H22N4O4S/c1-18(2)17-15(21)11-7-9-19(10-8-11)24(22,23)13-6-4-3-5-12(13)14(16)20/h3-6,11H,7-10H2,1-2H3,(H2,16,20)(H,17,21). The fraction of sp³-hybridized carbons (Fsp3) is 0.467. The Balaban J connectivity index is 2.14. The first kappa shape index (κ1) is 18.4. The van der Waals surface area contributed by atoms with Crippen molar-refractivity contribution in [1.29, 1.82) is 0 Å². The first-order chi connectivity index (χ1) is 11.2. The number of carbonyl (C=O) groups is 2. The number of benzene rings is 1. The molecule has 1 aromatic carbocycles. The molecule has 1 aliphatic heterocycles. The van der Waals surface area contributed by atoms with Crippen LogP contribution in [0.5, 0.6) is 0 Å². The SMILES string of the molecule is CN(C)NC(=O)C1CCN(S(=O)(=O)c2ccccc2C(N)=O)CC1. The maximum Gasteiger partial charge on any atom is 0.250 e. The molecule has 1 aromatic rings. The van der Waals surface area contributed by atoms with Gasteiger partial charge in [0.1, 0.15) is 0 Å². The summed E-state index contributed by atoms with van der Waals surface area (Å²) in [6.07, 6.45) is 0.856. The van der Waals surface area contributed by atoms with Crippen molar-refractivity contribution >= 4 is 21.8 Å². The molecule has 0 radical (unpaired) electrons. The molecule has 1 aliphatic rings. The summed E-state index contributed by atoms with van der Waals surface area (Å²) in [6.45, 7) is 0.446. The number of sulfonamides is 1. The van der Waals surface area contributed by atoms with Crippen molar-refractivity contribution in [2.75, 3.05) is 27.2 Å². The van der Waals surface area contributed by atoms with E-state index in [2.05, 4.69) is 5.43 Å². The van der Waals surface area contributed by atoms with Crippen LogP contribution in [0.15, 0.2) is 29.2 Å². The Morgan fingerprint density at radius 2 is 1.79 bits per heavy atom. The van der Waals surface area contributed by atoms with Crippen LogP contribution in [0.1, 0.15) is 23.2 Å². The van der Waals surface area contributed by atoms with Crippen LogP contribution in [0.25, 0.3) is 0 Å². The van der Waals surface area contributed by atoms with Gasteiger partial charge in [-0.25, -0.2) is 13.4 Å². The van der Waals surface area contributed by atoms with Crippen LogP contribution in [0.2, 0.25) is 0 Å². The monoisotopic (exact) mass is 354 g/mol. The minimum atomic E-state index is -3.82. The van der Waals surface area contributed by atoms with E-state index in [0.717, 1.165) is 0 Å². The highest BCUT2D eigenvalue weighted by molar-refractivity contribution is 7.89. The summed E-state index contributed by atoms with van der Waals surface area (Å²) in [5.74, 6) is -1.13. The summed E-state index contributed by atoms with van der Waals surface area (Å²) >= 11 is 0. The number of hydrazine groups is 1. The molecule has 0 bridgehead atoms. The van der Waals surface area contributed by atoms with Crippen molar-refractivity contribution in [1.82, 2.24) is 14.7 Å². The lowest BCUT2D eigenvalue weighted by atomic mass is 9.98. The largest absolute Gasteiger partial charge is 0.366 e. The molecule has 8 nitrogen and oxygen atoms in total. The summed E-state index contributed by atoms with van der Waals surface area (Å²) < 4.78 is 26.9. The summed E-state index contributed by atoms with van der Waals surface area (Å²) in [4.78, 5) is 23.4. The lowest BCUT2D eigenvalue weighted by Gasteiger charge is -2.31. The van der Waals surface area contributed by atoms with E-state index in [0.29, 0.717) is 12.8 Å². The van der Waals surface area contributed by atoms with Crippen molar-refractivity contribution in [3.05, 3.63) is 29.8 Å². The molecule has 1 fully saturated rings. The van der Waals surface area contributed by atoms with Gasteiger partial charge in [-0.2, -0.15) is 4.31 Å². The minimum Gasteiger partial charge on any atom is -0.366 e. The van der Waals surface area contributed by atoms with Gasteiger partial charge in [-0.1, -0.05) is 12.1 Å². The molecule has 0 saturated carbocycles. The van der Waals surface area contributed by atoms with Crippen LogP contribution >= 0.6 is 0 Å². The Bertz CT molecular complexity index is 725. The first-order valence-corrected chi connectivity index (χ1v) is 9.04. The highest BCUT2D eigenvalue weighted by atomic mass is 32.2. The molecule has 2 amide bonds. The van der Waals surface area contributed by atoms with Crippen LogP contribution in [0.4, 0.5) is 0 Å². The van der Waals surface area contributed by atoms with Crippen LogP contribution in [0.3, 0.4) is 0 Å². The summed E-state index contributed by atoms with van der Waals surface area (Å²) in [7, 11) is -0.379. The average Bonchev–Trinajstić information content (AvgIpc) is 2.54. The molecule has 0 spiro atoms. The second-order valence-electron chi connectivity index (χ2n) is 5.91. The zero-order chi connectivity index (χ0) is 17.9. The van der Waals surface area contributed by atoms with E-state index >= 15 is 0 Å². The molecule has 132 valence electrons. The van der Waals surface area contributed by atoms with E-state index in [9.17, 15) is 18.0 Å². The van der Waals surface area contributed by atoms with Gasteiger partial charge >= 0.3 is 0 Å². The van der Waals surface area contributed by atoms with Gasteiger partial charge in [-0.15, -0.1) is 0 Å². The number of carbonyl (C=O) groups excluding carboxylic acids is 2. The smallest absolute Gasteiger partial charge is 0.250 e. The van der Waals surface area contributed by atoms with E-state index in [-0.39, 0.29) is 35.4 Å². The topological polar surface area (TPSA) is 113 Å². The van der Waals surface area contributed by atoms with Crippen molar-refractivity contribution in [3.63, 3.8) is 0 Å². The summed E-state index contributed by atoms with van der Waals surface area (Å²) in [6, 6.07) is 5.89. The lowest BCUT2D eigenvalue weighted by Crippen LogP contribution is -2.46. The number of hydrogen-bond donors (Lipinski definition) is 2. The Kier molecular flexibility index (Phi) is 5.58. The van der Waals surface area contributed by atoms with Crippen molar-refractivity contribution in [3.8, 4) is 0 Å². The number of piperidine rings is 1. The molecule has 2 rings (SSSR count). The lowest BCUT2D eigenvalue weighted by molar-refractivity contribution is -0.130. The van der Waals surface area contributed by atoms with Crippen molar-refractivity contribution < 1.29 is 18.0 Å².